The summed E-state index contributed by atoms with van der Waals surface area (Å²) in [5, 5.41) is 15.4. The molecule has 0 aliphatic heterocycles. The molecule has 0 saturated heterocycles. The molecular formula is C16H19N3O5. The maximum atomic E-state index is 12.1. The van der Waals surface area contributed by atoms with E-state index in [9.17, 15) is 9.59 Å². The van der Waals surface area contributed by atoms with Crippen LogP contribution in [0.15, 0.2) is 22.7 Å². The molecule has 8 nitrogen and oxygen atoms in total. The van der Waals surface area contributed by atoms with E-state index in [0.29, 0.717) is 29.6 Å². The van der Waals surface area contributed by atoms with Gasteiger partial charge < -0.3 is 19.7 Å². The van der Waals surface area contributed by atoms with Gasteiger partial charge in [0.25, 0.3) is 0 Å². The van der Waals surface area contributed by atoms with Crippen LogP contribution in [0.2, 0.25) is 0 Å². The highest BCUT2D eigenvalue weighted by Gasteiger charge is 2.14. The number of carboxylic acids is 1. The Morgan fingerprint density at radius 3 is 2.71 bits per heavy atom. The summed E-state index contributed by atoms with van der Waals surface area (Å²) >= 11 is 0. The number of nitrogens with zero attached hydrogens (tertiary/aromatic N) is 2. The molecule has 0 fully saturated rings. The molecular weight excluding hydrogens is 314 g/mol. The Bertz CT molecular complexity index is 739. The molecule has 0 aliphatic rings. The van der Waals surface area contributed by atoms with Crippen LogP contribution < -0.4 is 10.1 Å². The first-order chi connectivity index (χ1) is 11.3. The Morgan fingerprint density at radius 2 is 2.12 bits per heavy atom. The molecule has 0 saturated carbocycles. The van der Waals surface area contributed by atoms with Gasteiger partial charge in [0.2, 0.25) is 11.8 Å². The standard InChI is InChI=1S/C16H19N3O5/c1-9(2)23-13-5-4-11(16(21)22)8-12(13)18-14(20)6-7-15-17-10(3)19-24-15/h4-5,8-9H,6-7H2,1-3H3,(H,18,20)(H,21,22). The van der Waals surface area contributed by atoms with Crippen molar-refractivity contribution in [3.63, 3.8) is 0 Å². The van der Waals surface area contributed by atoms with Crippen molar-refractivity contribution in [3.05, 3.63) is 35.5 Å². The third kappa shape index (κ3) is 4.80. The number of aryl methyl sites for hydroxylation is 2. The van der Waals surface area contributed by atoms with Crippen LogP contribution in [-0.2, 0) is 11.2 Å². The van der Waals surface area contributed by atoms with Crippen LogP contribution in [0.5, 0.6) is 5.75 Å². The molecule has 1 aromatic carbocycles. The summed E-state index contributed by atoms with van der Waals surface area (Å²) in [6.07, 6.45) is 0.309. The van der Waals surface area contributed by atoms with E-state index in [1.807, 2.05) is 13.8 Å². The van der Waals surface area contributed by atoms with Crippen LogP contribution in [-0.4, -0.2) is 33.2 Å². The van der Waals surface area contributed by atoms with Crippen LogP contribution in [0, 0.1) is 6.92 Å². The number of rotatable bonds is 7. The molecule has 1 amide bonds. The van der Waals surface area contributed by atoms with E-state index >= 15 is 0 Å². The van der Waals surface area contributed by atoms with E-state index < -0.39 is 5.97 Å². The molecule has 8 heteroatoms. The molecule has 1 heterocycles. The number of carboxylic acid groups (broad SMARTS) is 1. The highest BCUT2D eigenvalue weighted by atomic mass is 16.5. The zero-order chi connectivity index (χ0) is 17.7. The highest BCUT2D eigenvalue weighted by Crippen LogP contribution is 2.27. The largest absolute Gasteiger partial charge is 0.489 e. The molecule has 0 atom stereocenters. The third-order valence-electron chi connectivity index (χ3n) is 3.00. The number of hydrogen-bond acceptors (Lipinski definition) is 6. The predicted molar refractivity (Wildman–Crippen MR) is 85.2 cm³/mol. The van der Waals surface area contributed by atoms with Gasteiger partial charge in [-0.3, -0.25) is 4.79 Å². The van der Waals surface area contributed by atoms with E-state index in [1.165, 1.54) is 18.2 Å². The predicted octanol–water partition coefficient (Wildman–Crippen LogP) is 2.43. The minimum Gasteiger partial charge on any atom is -0.489 e. The van der Waals surface area contributed by atoms with Crippen molar-refractivity contribution in [3.8, 4) is 5.75 Å². The van der Waals surface area contributed by atoms with Gasteiger partial charge in [0.1, 0.15) is 5.75 Å². The monoisotopic (exact) mass is 333 g/mol. The summed E-state index contributed by atoms with van der Waals surface area (Å²) in [7, 11) is 0. The van der Waals surface area contributed by atoms with Crippen molar-refractivity contribution < 1.29 is 24.0 Å². The van der Waals surface area contributed by atoms with Gasteiger partial charge in [-0.1, -0.05) is 5.16 Å². The second-order valence-corrected chi connectivity index (χ2v) is 5.47. The molecule has 2 rings (SSSR count). The normalized spacial score (nSPS) is 10.7. The number of aromatic nitrogens is 2. The minimum atomic E-state index is -1.08. The van der Waals surface area contributed by atoms with Gasteiger partial charge in [-0.2, -0.15) is 4.98 Å². The number of carbonyl (C=O) groups excluding carboxylic acids is 1. The van der Waals surface area contributed by atoms with Crippen LogP contribution >= 0.6 is 0 Å². The molecule has 0 radical (unpaired) electrons. The van der Waals surface area contributed by atoms with Gasteiger partial charge >= 0.3 is 5.97 Å². The summed E-state index contributed by atoms with van der Waals surface area (Å²) < 4.78 is 10.5. The molecule has 2 N–H and O–H groups in total. The lowest BCUT2D eigenvalue weighted by atomic mass is 10.1. The summed E-state index contributed by atoms with van der Waals surface area (Å²) in [6, 6.07) is 4.33. The van der Waals surface area contributed by atoms with Crippen molar-refractivity contribution >= 4 is 17.6 Å². The topological polar surface area (TPSA) is 115 Å². The lowest BCUT2D eigenvalue weighted by Gasteiger charge is -2.15. The Kier molecular flexibility index (Phi) is 5.51. The Labute approximate surface area is 138 Å². The van der Waals surface area contributed by atoms with E-state index in [0.717, 1.165) is 0 Å². The maximum Gasteiger partial charge on any atom is 0.335 e. The van der Waals surface area contributed by atoms with Gasteiger partial charge in [0.15, 0.2) is 5.82 Å². The average molecular weight is 333 g/mol. The number of nitrogens with one attached hydrogen (secondary N) is 1. The maximum absolute atomic E-state index is 12.1. The number of benzene rings is 1. The molecule has 0 bridgehead atoms. The second kappa shape index (κ2) is 7.58. The fourth-order valence-corrected chi connectivity index (χ4v) is 1.99. The summed E-state index contributed by atoms with van der Waals surface area (Å²) in [6.45, 7) is 5.38. The molecule has 0 unspecified atom stereocenters. The van der Waals surface area contributed by atoms with Gasteiger partial charge in [0, 0.05) is 12.8 Å². The number of amides is 1. The van der Waals surface area contributed by atoms with Crippen LogP contribution in [0.4, 0.5) is 5.69 Å². The lowest BCUT2D eigenvalue weighted by Crippen LogP contribution is -2.15. The van der Waals surface area contributed by atoms with Gasteiger partial charge in [0.05, 0.1) is 17.4 Å². The quantitative estimate of drug-likeness (QED) is 0.799. The number of aromatic carboxylic acids is 1. The van der Waals surface area contributed by atoms with E-state index in [4.69, 9.17) is 14.4 Å². The second-order valence-electron chi connectivity index (χ2n) is 5.47. The molecule has 128 valence electrons. The average Bonchev–Trinajstić information content (AvgIpc) is 2.92. The third-order valence-corrected chi connectivity index (χ3v) is 3.00. The fourth-order valence-electron chi connectivity index (χ4n) is 1.99. The van der Waals surface area contributed by atoms with E-state index in [2.05, 4.69) is 15.5 Å². The van der Waals surface area contributed by atoms with Gasteiger partial charge in [-0.25, -0.2) is 4.79 Å². The molecule has 24 heavy (non-hydrogen) atoms. The summed E-state index contributed by atoms with van der Waals surface area (Å²) in [4.78, 5) is 27.2. The lowest BCUT2D eigenvalue weighted by molar-refractivity contribution is -0.116. The van der Waals surface area contributed by atoms with Crippen molar-refractivity contribution in [2.75, 3.05) is 5.32 Å². The van der Waals surface area contributed by atoms with Crippen LogP contribution in [0.3, 0.4) is 0 Å². The zero-order valence-corrected chi connectivity index (χ0v) is 13.7. The fraction of sp³-hybridized carbons (Fsp3) is 0.375. The molecule has 0 aliphatic carbocycles. The number of anilines is 1. The van der Waals surface area contributed by atoms with E-state index in [1.54, 1.807) is 6.92 Å². The molecule has 2 aromatic rings. The van der Waals surface area contributed by atoms with Crippen molar-refractivity contribution in [2.24, 2.45) is 0 Å². The Hall–Kier alpha value is -2.90. The summed E-state index contributed by atoms with van der Waals surface area (Å²) in [5.41, 5.74) is 0.379. The SMILES string of the molecule is Cc1noc(CCC(=O)Nc2cc(C(=O)O)ccc2OC(C)C)n1. The number of hydrogen-bond donors (Lipinski definition) is 2. The smallest absolute Gasteiger partial charge is 0.335 e. The minimum absolute atomic E-state index is 0.0638. The van der Waals surface area contributed by atoms with E-state index in [-0.39, 0.29) is 24.0 Å². The highest BCUT2D eigenvalue weighted by molar-refractivity contribution is 5.95. The van der Waals surface area contributed by atoms with Gasteiger partial charge in [-0.15, -0.1) is 0 Å². The first-order valence-corrected chi connectivity index (χ1v) is 7.48. The van der Waals surface area contributed by atoms with Crippen molar-refractivity contribution in [2.45, 2.75) is 39.7 Å². The van der Waals surface area contributed by atoms with Crippen LogP contribution in [0.25, 0.3) is 0 Å². The first-order valence-electron chi connectivity index (χ1n) is 7.48. The zero-order valence-electron chi connectivity index (χ0n) is 13.7. The van der Waals surface area contributed by atoms with Crippen molar-refractivity contribution in [1.29, 1.82) is 0 Å². The summed E-state index contributed by atoms with van der Waals surface area (Å²) in [5.74, 6) is -0.0882. The van der Waals surface area contributed by atoms with Crippen molar-refractivity contribution in [1.82, 2.24) is 10.1 Å². The first kappa shape index (κ1) is 17.5. The Balaban J connectivity index is 2.08. The molecule has 0 spiro atoms. The van der Waals surface area contributed by atoms with Gasteiger partial charge in [-0.05, 0) is 39.0 Å². The molecule has 1 aromatic heterocycles. The Morgan fingerprint density at radius 1 is 1.38 bits per heavy atom. The number of ether oxygens (including phenoxy) is 1. The van der Waals surface area contributed by atoms with Crippen LogP contribution in [0.1, 0.15) is 42.3 Å². The number of carbonyl (C=O) groups is 2.